The summed E-state index contributed by atoms with van der Waals surface area (Å²) in [4.78, 5) is 0. The Morgan fingerprint density at radius 3 is 1.88 bits per heavy atom. The molecule has 1 aromatic carbocycles. The van der Waals surface area contributed by atoms with Crippen LogP contribution in [-0.2, 0) is 9.47 Å². The third-order valence-corrected chi connectivity index (χ3v) is 6.87. The van der Waals surface area contributed by atoms with Crippen LogP contribution < -0.4 is 0 Å². The minimum atomic E-state index is -0.731. The third kappa shape index (κ3) is 7.26. The van der Waals surface area contributed by atoms with E-state index in [-0.39, 0.29) is 35.4 Å². The summed E-state index contributed by atoms with van der Waals surface area (Å²) in [6.07, 6.45) is 6.46. The molecule has 0 unspecified atom stereocenters. The van der Waals surface area contributed by atoms with Crippen LogP contribution in [0.15, 0.2) is 61.9 Å². The van der Waals surface area contributed by atoms with Gasteiger partial charge in [-0.3, -0.25) is 0 Å². The van der Waals surface area contributed by atoms with Gasteiger partial charge in [-0.05, 0) is 80.2 Å². The van der Waals surface area contributed by atoms with Crippen LogP contribution in [0.1, 0.15) is 74.3 Å². The smallest absolute Gasteiger partial charge is 0.168 e. The second kappa shape index (κ2) is 13.4. The van der Waals surface area contributed by atoms with Gasteiger partial charge in [0.05, 0.1) is 19.8 Å². The molecule has 0 aromatic heterocycles. The zero-order valence-corrected chi connectivity index (χ0v) is 20.1. The van der Waals surface area contributed by atoms with Crippen molar-refractivity contribution in [3.8, 4) is 0 Å². The van der Waals surface area contributed by atoms with Gasteiger partial charge in [0, 0.05) is 6.08 Å². The van der Waals surface area contributed by atoms with Gasteiger partial charge in [0.15, 0.2) is 17.5 Å². The van der Waals surface area contributed by atoms with E-state index in [0.717, 1.165) is 31.8 Å². The SMILES string of the molecule is C=C.C=C(/C=C(/F)C(=C)OCC1CCC(c2ccc(C3CCC(O)CC3)c(F)c2F)CC1)OC. The van der Waals surface area contributed by atoms with Crippen molar-refractivity contribution in [3.05, 3.63) is 84.6 Å². The van der Waals surface area contributed by atoms with Crippen molar-refractivity contribution in [1.29, 1.82) is 0 Å². The van der Waals surface area contributed by atoms with Crippen LogP contribution in [0.3, 0.4) is 0 Å². The quantitative estimate of drug-likeness (QED) is 0.237. The molecule has 2 aliphatic carbocycles. The fourth-order valence-corrected chi connectivity index (χ4v) is 4.81. The molecule has 0 aliphatic heterocycles. The highest BCUT2D eigenvalue weighted by molar-refractivity contribution is 5.32. The lowest BCUT2D eigenvalue weighted by atomic mass is 9.77. The van der Waals surface area contributed by atoms with Crippen molar-refractivity contribution < 1.29 is 27.8 Å². The first-order chi connectivity index (χ1) is 16.3. The number of methoxy groups -OCH3 is 1. The molecule has 0 saturated heterocycles. The number of hydrogen-bond donors (Lipinski definition) is 1. The summed E-state index contributed by atoms with van der Waals surface area (Å²) in [5.41, 5.74) is 0.878. The Bertz CT molecular complexity index is 864. The van der Waals surface area contributed by atoms with Gasteiger partial charge in [-0.25, -0.2) is 13.2 Å². The molecule has 2 aliphatic rings. The number of ether oxygens (including phenoxy) is 2. The summed E-state index contributed by atoms with van der Waals surface area (Å²) in [7, 11) is 1.40. The largest absolute Gasteiger partial charge is 0.497 e. The fourth-order valence-electron chi connectivity index (χ4n) is 4.81. The van der Waals surface area contributed by atoms with E-state index in [1.54, 1.807) is 12.1 Å². The summed E-state index contributed by atoms with van der Waals surface area (Å²) >= 11 is 0. The van der Waals surface area contributed by atoms with E-state index >= 15 is 0 Å². The molecule has 3 rings (SSSR count). The average molecular weight is 479 g/mol. The lowest BCUT2D eigenvalue weighted by Gasteiger charge is -2.30. The Balaban J connectivity index is 0.00000199. The number of aliphatic hydroxyl groups is 1. The monoisotopic (exact) mass is 478 g/mol. The van der Waals surface area contributed by atoms with E-state index in [4.69, 9.17) is 9.47 Å². The molecule has 188 valence electrons. The van der Waals surface area contributed by atoms with Crippen molar-refractivity contribution in [2.75, 3.05) is 13.7 Å². The Hall–Kier alpha value is -2.47. The Morgan fingerprint density at radius 2 is 1.41 bits per heavy atom. The first-order valence-corrected chi connectivity index (χ1v) is 11.9. The molecule has 1 N–H and O–H groups in total. The van der Waals surface area contributed by atoms with E-state index in [2.05, 4.69) is 26.3 Å². The van der Waals surface area contributed by atoms with Crippen molar-refractivity contribution in [3.63, 3.8) is 0 Å². The maximum Gasteiger partial charge on any atom is 0.168 e. The van der Waals surface area contributed by atoms with Crippen molar-refractivity contribution in [2.45, 2.75) is 69.3 Å². The molecular formula is C28H37F3O3. The Kier molecular flexibility index (Phi) is 11.0. The van der Waals surface area contributed by atoms with Crippen LogP contribution in [0.2, 0.25) is 0 Å². The van der Waals surface area contributed by atoms with Gasteiger partial charge in [-0.15, -0.1) is 13.2 Å². The van der Waals surface area contributed by atoms with Gasteiger partial charge in [-0.1, -0.05) is 25.3 Å². The number of hydrogen-bond acceptors (Lipinski definition) is 3. The van der Waals surface area contributed by atoms with Crippen LogP contribution >= 0.6 is 0 Å². The molecule has 0 radical (unpaired) electrons. The third-order valence-electron chi connectivity index (χ3n) is 6.87. The van der Waals surface area contributed by atoms with Crippen LogP contribution in [0.4, 0.5) is 13.2 Å². The number of aliphatic hydroxyl groups excluding tert-OH is 1. The first-order valence-electron chi connectivity index (χ1n) is 11.9. The fraction of sp³-hybridized carbons (Fsp3) is 0.500. The average Bonchev–Trinajstić information content (AvgIpc) is 2.86. The molecule has 0 amide bonds. The highest BCUT2D eigenvalue weighted by atomic mass is 19.2. The van der Waals surface area contributed by atoms with E-state index in [1.807, 2.05) is 0 Å². The number of halogens is 3. The van der Waals surface area contributed by atoms with Crippen LogP contribution in [0, 0.1) is 17.6 Å². The van der Waals surface area contributed by atoms with Gasteiger partial charge in [0.1, 0.15) is 11.5 Å². The summed E-state index contributed by atoms with van der Waals surface area (Å²) in [5.74, 6) is -1.83. The van der Waals surface area contributed by atoms with E-state index in [0.29, 0.717) is 43.4 Å². The van der Waals surface area contributed by atoms with Crippen molar-refractivity contribution in [2.24, 2.45) is 5.92 Å². The van der Waals surface area contributed by atoms with E-state index in [1.165, 1.54) is 7.11 Å². The highest BCUT2D eigenvalue weighted by Crippen LogP contribution is 2.40. The van der Waals surface area contributed by atoms with Gasteiger partial charge in [0.2, 0.25) is 0 Å². The zero-order valence-electron chi connectivity index (χ0n) is 20.1. The van der Waals surface area contributed by atoms with Gasteiger partial charge >= 0.3 is 0 Å². The topological polar surface area (TPSA) is 38.7 Å². The number of allylic oxidation sites excluding steroid dienone is 2. The molecule has 6 heteroatoms. The predicted octanol–water partition coefficient (Wildman–Crippen LogP) is 7.60. The number of benzene rings is 1. The highest BCUT2D eigenvalue weighted by Gasteiger charge is 2.29. The lowest BCUT2D eigenvalue weighted by Crippen LogP contribution is -2.20. The second-order valence-electron chi connectivity index (χ2n) is 8.99. The maximum absolute atomic E-state index is 14.9. The maximum atomic E-state index is 14.9. The summed E-state index contributed by atoms with van der Waals surface area (Å²) in [5, 5.41) is 9.66. The molecule has 0 heterocycles. The zero-order chi connectivity index (χ0) is 25.3. The summed E-state index contributed by atoms with van der Waals surface area (Å²) < 4.78 is 54.0. The molecule has 0 atom stereocenters. The minimum absolute atomic E-state index is 0.0292. The minimum Gasteiger partial charge on any atom is -0.497 e. The van der Waals surface area contributed by atoms with Crippen molar-refractivity contribution >= 4 is 0 Å². The van der Waals surface area contributed by atoms with Crippen molar-refractivity contribution in [1.82, 2.24) is 0 Å². The normalized spacial score (nSPS) is 25.0. The van der Waals surface area contributed by atoms with Gasteiger partial charge < -0.3 is 14.6 Å². The molecule has 2 fully saturated rings. The Labute approximate surface area is 201 Å². The molecule has 3 nitrogen and oxygen atoms in total. The van der Waals surface area contributed by atoms with Gasteiger partial charge in [0.25, 0.3) is 0 Å². The molecule has 0 bridgehead atoms. The molecule has 0 spiro atoms. The molecule has 34 heavy (non-hydrogen) atoms. The first kappa shape index (κ1) is 27.8. The standard InChI is InChI=1S/C26H33F3O3.C2H4/c1-16(31-3)14-24(27)17(2)32-15-18-4-6-19(7-5-18)22-12-13-23(26(29)25(22)28)20-8-10-21(30)11-9-20;1-2/h12-14,18-21,30H,1-2,4-11,15H2,3H3;1-2H2/b24-14+;. The summed E-state index contributed by atoms with van der Waals surface area (Å²) in [6, 6.07) is 3.48. The summed E-state index contributed by atoms with van der Waals surface area (Å²) in [6.45, 7) is 13.5. The molecule has 2 saturated carbocycles. The van der Waals surface area contributed by atoms with Crippen LogP contribution in [-0.4, -0.2) is 24.9 Å². The van der Waals surface area contributed by atoms with Crippen LogP contribution in [0.5, 0.6) is 0 Å². The molecular weight excluding hydrogens is 441 g/mol. The predicted molar refractivity (Wildman–Crippen MR) is 130 cm³/mol. The lowest BCUT2D eigenvalue weighted by molar-refractivity contribution is 0.122. The van der Waals surface area contributed by atoms with E-state index in [9.17, 15) is 18.3 Å². The second-order valence-corrected chi connectivity index (χ2v) is 8.99. The van der Waals surface area contributed by atoms with E-state index < -0.39 is 17.5 Å². The van der Waals surface area contributed by atoms with Gasteiger partial charge in [-0.2, -0.15) is 0 Å². The number of rotatable bonds is 8. The molecule has 1 aromatic rings. The van der Waals surface area contributed by atoms with Crippen LogP contribution in [0.25, 0.3) is 0 Å². The Morgan fingerprint density at radius 1 is 0.941 bits per heavy atom.